The number of carbonyl (C=O) groups is 1. The van der Waals surface area contributed by atoms with Gasteiger partial charge >= 0.3 is 0 Å². The van der Waals surface area contributed by atoms with Crippen LogP contribution in [-0.4, -0.2) is 74.6 Å². The summed E-state index contributed by atoms with van der Waals surface area (Å²) >= 11 is 0. The molecule has 0 radical (unpaired) electrons. The van der Waals surface area contributed by atoms with Crippen LogP contribution in [-0.2, 0) is 4.79 Å². The predicted molar refractivity (Wildman–Crippen MR) is 116 cm³/mol. The van der Waals surface area contributed by atoms with Gasteiger partial charge in [0.05, 0.1) is 13.2 Å². The summed E-state index contributed by atoms with van der Waals surface area (Å²) in [6.07, 6.45) is 4.66. The van der Waals surface area contributed by atoms with Gasteiger partial charge in [-0.2, -0.15) is 0 Å². The van der Waals surface area contributed by atoms with Gasteiger partial charge in [-0.1, -0.05) is 18.2 Å². The van der Waals surface area contributed by atoms with Crippen LogP contribution in [0.25, 0.3) is 0 Å². The van der Waals surface area contributed by atoms with Crippen molar-refractivity contribution in [1.82, 2.24) is 20.4 Å². The maximum absolute atomic E-state index is 12.3. The summed E-state index contributed by atoms with van der Waals surface area (Å²) in [7, 11) is 1.72. The molecule has 3 rings (SSSR count). The highest BCUT2D eigenvalue weighted by atomic mass is 16.5. The molecule has 2 saturated heterocycles. The lowest BCUT2D eigenvalue weighted by Gasteiger charge is -2.30. The van der Waals surface area contributed by atoms with Crippen molar-refractivity contribution in [1.29, 1.82) is 0 Å². The van der Waals surface area contributed by atoms with E-state index < -0.39 is 0 Å². The average molecular weight is 402 g/mol. The minimum Gasteiger partial charge on any atom is -0.496 e. The molecule has 1 aromatic rings. The molecule has 0 spiro atoms. The Kier molecular flexibility index (Phi) is 8.16. The third-order valence-electron chi connectivity index (χ3n) is 5.72. The molecule has 2 fully saturated rings. The molecule has 0 bridgehead atoms. The van der Waals surface area contributed by atoms with E-state index in [0.717, 1.165) is 51.3 Å². The minimum absolute atomic E-state index is 0.112. The predicted octanol–water partition coefficient (Wildman–Crippen LogP) is 2.01. The number of rotatable bonds is 8. The first-order valence-electron chi connectivity index (χ1n) is 10.9. The minimum atomic E-state index is 0.112. The molecular weight excluding hydrogens is 366 g/mol. The Hall–Kier alpha value is -2.28. The molecule has 1 aromatic carbocycles. The molecule has 2 N–H and O–H groups in total. The molecule has 160 valence electrons. The van der Waals surface area contributed by atoms with Crippen LogP contribution in [0.3, 0.4) is 0 Å². The van der Waals surface area contributed by atoms with E-state index in [1.165, 1.54) is 18.4 Å². The third-order valence-corrected chi connectivity index (χ3v) is 5.72. The number of nitrogens with one attached hydrogen (secondary N) is 2. The zero-order chi connectivity index (χ0) is 20.5. The van der Waals surface area contributed by atoms with Gasteiger partial charge in [0.25, 0.3) is 0 Å². The highest BCUT2D eigenvalue weighted by Gasteiger charge is 2.26. The summed E-state index contributed by atoms with van der Waals surface area (Å²) in [5.41, 5.74) is 1.19. The molecule has 1 unspecified atom stereocenters. The average Bonchev–Trinajstić information content (AvgIpc) is 3.46. The third kappa shape index (κ3) is 5.85. The lowest BCUT2D eigenvalue weighted by atomic mass is 10.0. The maximum Gasteiger partial charge on any atom is 0.244 e. The number of hydrogen-bond donors (Lipinski definition) is 2. The van der Waals surface area contributed by atoms with Gasteiger partial charge in [0.1, 0.15) is 12.3 Å². The number of likely N-dealkylation sites (tertiary alicyclic amines) is 2. The van der Waals surface area contributed by atoms with Crippen molar-refractivity contribution in [3.8, 4) is 5.75 Å². The maximum atomic E-state index is 12.3. The number of para-hydroxylation sites is 1. The Morgan fingerprint density at radius 2 is 1.79 bits per heavy atom. The number of benzene rings is 1. The Bertz CT molecular complexity index is 682. The fourth-order valence-electron chi connectivity index (χ4n) is 4.18. The Balaban J connectivity index is 1.68. The van der Waals surface area contributed by atoms with E-state index in [0.29, 0.717) is 12.5 Å². The number of nitrogens with zero attached hydrogens (tertiary/aromatic N) is 3. The van der Waals surface area contributed by atoms with Crippen molar-refractivity contribution in [3.05, 3.63) is 29.8 Å². The molecule has 2 aliphatic heterocycles. The molecule has 7 nitrogen and oxygen atoms in total. The van der Waals surface area contributed by atoms with Gasteiger partial charge in [-0.05, 0) is 51.8 Å². The van der Waals surface area contributed by atoms with E-state index in [2.05, 4.69) is 32.7 Å². The fourth-order valence-corrected chi connectivity index (χ4v) is 4.18. The SMILES string of the molecule is CCNC(=NCC(=O)N1CCCC1)NCC(c1ccccc1OC)N1CCCC1. The molecule has 0 saturated carbocycles. The summed E-state index contributed by atoms with van der Waals surface area (Å²) in [4.78, 5) is 21.3. The number of methoxy groups -OCH3 is 1. The van der Waals surface area contributed by atoms with E-state index in [4.69, 9.17) is 4.74 Å². The second kappa shape index (κ2) is 11.0. The topological polar surface area (TPSA) is 69.2 Å². The van der Waals surface area contributed by atoms with Gasteiger partial charge in [-0.3, -0.25) is 9.69 Å². The van der Waals surface area contributed by atoms with Crippen molar-refractivity contribution in [3.63, 3.8) is 0 Å². The van der Waals surface area contributed by atoms with E-state index in [9.17, 15) is 4.79 Å². The van der Waals surface area contributed by atoms with Crippen molar-refractivity contribution in [2.45, 2.75) is 38.6 Å². The van der Waals surface area contributed by atoms with Crippen LogP contribution in [0.2, 0.25) is 0 Å². The summed E-state index contributed by atoms with van der Waals surface area (Å²) in [5.74, 6) is 1.72. The van der Waals surface area contributed by atoms with Gasteiger partial charge in [0, 0.05) is 31.7 Å². The molecule has 0 aliphatic carbocycles. The first kappa shape index (κ1) is 21.4. The second-order valence-corrected chi connectivity index (χ2v) is 7.66. The largest absolute Gasteiger partial charge is 0.496 e. The second-order valence-electron chi connectivity index (χ2n) is 7.66. The quantitative estimate of drug-likeness (QED) is 0.515. The van der Waals surface area contributed by atoms with Crippen LogP contribution in [0.1, 0.15) is 44.2 Å². The van der Waals surface area contributed by atoms with Crippen molar-refractivity contribution in [2.75, 3.05) is 52.9 Å². The number of amides is 1. The Morgan fingerprint density at radius 1 is 1.10 bits per heavy atom. The van der Waals surface area contributed by atoms with Gasteiger partial charge in [-0.15, -0.1) is 0 Å². The van der Waals surface area contributed by atoms with E-state index in [1.54, 1.807) is 7.11 Å². The number of hydrogen-bond acceptors (Lipinski definition) is 4. The molecule has 1 amide bonds. The van der Waals surface area contributed by atoms with Crippen LogP contribution in [0.5, 0.6) is 5.75 Å². The molecule has 0 aromatic heterocycles. The van der Waals surface area contributed by atoms with E-state index in [1.807, 2.05) is 24.0 Å². The van der Waals surface area contributed by atoms with Gasteiger partial charge < -0.3 is 20.3 Å². The molecule has 7 heteroatoms. The van der Waals surface area contributed by atoms with Crippen LogP contribution < -0.4 is 15.4 Å². The van der Waals surface area contributed by atoms with E-state index in [-0.39, 0.29) is 18.5 Å². The molecule has 2 aliphatic rings. The van der Waals surface area contributed by atoms with E-state index >= 15 is 0 Å². The van der Waals surface area contributed by atoms with Gasteiger partial charge in [-0.25, -0.2) is 4.99 Å². The Morgan fingerprint density at radius 3 is 2.48 bits per heavy atom. The first-order chi connectivity index (χ1) is 14.2. The van der Waals surface area contributed by atoms with Crippen LogP contribution in [0, 0.1) is 0 Å². The van der Waals surface area contributed by atoms with Crippen LogP contribution in [0.15, 0.2) is 29.3 Å². The standard InChI is InChI=1S/C22H35N5O2/c1-3-23-22(25-17-21(28)27-14-8-9-15-27)24-16-19(26-12-6-7-13-26)18-10-4-5-11-20(18)29-2/h4-5,10-11,19H,3,6-9,12-17H2,1-2H3,(H2,23,24,25). The number of aliphatic imine (C=N–C) groups is 1. The molecule has 1 atom stereocenters. The summed E-state index contributed by atoms with van der Waals surface area (Å²) < 4.78 is 5.63. The number of carbonyl (C=O) groups excluding carboxylic acids is 1. The van der Waals surface area contributed by atoms with Crippen LogP contribution in [0.4, 0.5) is 0 Å². The monoisotopic (exact) mass is 401 g/mol. The summed E-state index contributed by atoms with van der Waals surface area (Å²) in [6.45, 7) is 7.61. The zero-order valence-electron chi connectivity index (χ0n) is 17.8. The normalized spacial score (nSPS) is 18.7. The number of guanidine groups is 1. The molecule has 2 heterocycles. The lowest BCUT2D eigenvalue weighted by Crippen LogP contribution is -2.43. The Labute approximate surface area is 174 Å². The van der Waals surface area contributed by atoms with Gasteiger partial charge in [0.2, 0.25) is 5.91 Å². The number of ether oxygens (including phenoxy) is 1. The van der Waals surface area contributed by atoms with Crippen molar-refractivity contribution >= 4 is 11.9 Å². The summed E-state index contributed by atoms with van der Waals surface area (Å²) in [6, 6.07) is 8.43. The fraction of sp³-hybridized carbons (Fsp3) is 0.636. The highest BCUT2D eigenvalue weighted by molar-refractivity contribution is 5.85. The first-order valence-corrected chi connectivity index (χ1v) is 10.9. The summed E-state index contributed by atoms with van der Waals surface area (Å²) in [5, 5.41) is 6.74. The molecule has 29 heavy (non-hydrogen) atoms. The van der Waals surface area contributed by atoms with Gasteiger partial charge in [0.15, 0.2) is 5.96 Å². The van der Waals surface area contributed by atoms with Crippen LogP contribution >= 0.6 is 0 Å². The van der Waals surface area contributed by atoms with Crippen molar-refractivity contribution in [2.24, 2.45) is 4.99 Å². The molecular formula is C22H35N5O2. The zero-order valence-corrected chi connectivity index (χ0v) is 17.8. The highest BCUT2D eigenvalue weighted by Crippen LogP contribution is 2.31. The van der Waals surface area contributed by atoms with Crippen molar-refractivity contribution < 1.29 is 9.53 Å². The smallest absolute Gasteiger partial charge is 0.244 e. The lowest BCUT2D eigenvalue weighted by molar-refractivity contribution is -0.128.